The van der Waals surface area contributed by atoms with Gasteiger partial charge < -0.3 is 10.1 Å². The predicted molar refractivity (Wildman–Crippen MR) is 66.9 cm³/mol. The lowest BCUT2D eigenvalue weighted by molar-refractivity contribution is -0.142. The van der Waals surface area contributed by atoms with Crippen LogP contribution in [0, 0.1) is 0 Å². The van der Waals surface area contributed by atoms with E-state index in [-0.39, 0.29) is 5.91 Å². The molecule has 18 heavy (non-hydrogen) atoms. The lowest BCUT2D eigenvalue weighted by Gasteiger charge is -2.16. The fourth-order valence-corrected chi connectivity index (χ4v) is 1.43. The summed E-state index contributed by atoms with van der Waals surface area (Å²) in [5, 5.41) is 2.61. The van der Waals surface area contributed by atoms with Crippen molar-refractivity contribution >= 4 is 11.9 Å². The molecule has 96 valence electrons. The molecule has 0 aliphatic heterocycles. The average molecular weight is 248 g/mol. The highest BCUT2D eigenvalue weighted by atomic mass is 16.5. The highest BCUT2D eigenvalue weighted by Gasteiger charge is 2.21. The summed E-state index contributed by atoms with van der Waals surface area (Å²) in [6, 6.07) is 2.43. The Morgan fingerprint density at radius 3 is 2.56 bits per heavy atom. The zero-order valence-corrected chi connectivity index (χ0v) is 10.5. The summed E-state index contributed by atoms with van der Waals surface area (Å²) >= 11 is 0. The van der Waals surface area contributed by atoms with Crippen LogP contribution in [0.25, 0.3) is 0 Å². The van der Waals surface area contributed by atoms with E-state index >= 15 is 0 Å². The van der Waals surface area contributed by atoms with E-state index in [1.54, 1.807) is 19.1 Å². The van der Waals surface area contributed by atoms with Crippen LogP contribution in [0.15, 0.2) is 36.7 Å². The minimum Gasteiger partial charge on any atom is -0.467 e. The lowest BCUT2D eigenvalue weighted by atomic mass is 10.1. The number of carbonyl (C=O) groups excluding carboxylic acids is 2. The molecule has 1 aromatic rings. The molecule has 1 N–H and O–H groups in total. The molecule has 0 bridgehead atoms. The van der Waals surface area contributed by atoms with Gasteiger partial charge in [-0.1, -0.05) is 5.57 Å². The number of ether oxygens (including phenoxy) is 1. The van der Waals surface area contributed by atoms with Gasteiger partial charge in [-0.2, -0.15) is 0 Å². The van der Waals surface area contributed by atoms with Gasteiger partial charge in [-0.05, 0) is 25.5 Å². The number of pyridine rings is 1. The zero-order chi connectivity index (χ0) is 13.5. The van der Waals surface area contributed by atoms with Crippen LogP contribution in [0.1, 0.15) is 23.7 Å². The van der Waals surface area contributed by atoms with E-state index in [0.717, 1.165) is 5.57 Å². The van der Waals surface area contributed by atoms with E-state index < -0.39 is 12.0 Å². The van der Waals surface area contributed by atoms with Crippen LogP contribution in [0.3, 0.4) is 0 Å². The molecule has 0 saturated carbocycles. The number of esters is 1. The topological polar surface area (TPSA) is 68.3 Å². The fraction of sp³-hybridized carbons (Fsp3) is 0.308. The Labute approximate surface area is 106 Å². The molecule has 0 saturated heterocycles. The van der Waals surface area contributed by atoms with Crippen molar-refractivity contribution in [3.63, 3.8) is 0 Å². The van der Waals surface area contributed by atoms with Gasteiger partial charge in [-0.3, -0.25) is 9.78 Å². The van der Waals surface area contributed by atoms with Crippen molar-refractivity contribution in [1.29, 1.82) is 0 Å². The molecule has 0 radical (unpaired) electrons. The van der Waals surface area contributed by atoms with Gasteiger partial charge in [0.2, 0.25) is 0 Å². The van der Waals surface area contributed by atoms with Gasteiger partial charge in [-0.25, -0.2) is 4.79 Å². The van der Waals surface area contributed by atoms with Gasteiger partial charge >= 0.3 is 5.97 Å². The Balaban J connectivity index is 2.74. The molecule has 1 amide bonds. The number of hydrogen-bond acceptors (Lipinski definition) is 4. The Hall–Kier alpha value is -2.17. The zero-order valence-electron chi connectivity index (χ0n) is 10.5. The monoisotopic (exact) mass is 248 g/mol. The van der Waals surface area contributed by atoms with Crippen molar-refractivity contribution in [2.75, 3.05) is 7.11 Å². The smallest absolute Gasteiger partial charge is 0.328 e. The predicted octanol–water partition coefficient (Wildman–Crippen LogP) is 1.32. The molecule has 0 spiro atoms. The number of carbonyl (C=O) groups is 2. The summed E-state index contributed by atoms with van der Waals surface area (Å²) < 4.78 is 4.64. The van der Waals surface area contributed by atoms with Crippen LogP contribution in [0.2, 0.25) is 0 Å². The molecule has 0 aromatic carbocycles. The first-order valence-corrected chi connectivity index (χ1v) is 5.47. The maximum atomic E-state index is 11.9. The number of methoxy groups -OCH3 is 1. The minimum absolute atomic E-state index is 0.339. The molecular weight excluding hydrogens is 232 g/mol. The van der Waals surface area contributed by atoms with E-state index in [0.29, 0.717) is 12.0 Å². The molecule has 1 rings (SSSR count). The first-order chi connectivity index (χ1) is 8.54. The molecule has 1 atom stereocenters. The summed E-state index contributed by atoms with van der Waals surface area (Å²) in [7, 11) is 1.28. The van der Waals surface area contributed by atoms with Crippen molar-refractivity contribution < 1.29 is 14.3 Å². The van der Waals surface area contributed by atoms with Crippen LogP contribution in [0.5, 0.6) is 0 Å². The SMILES string of the molecule is C=C(C)C[C@@H](NC(=O)c1ccncc1)C(=O)OC. The lowest BCUT2D eigenvalue weighted by Crippen LogP contribution is -2.41. The molecule has 0 aliphatic rings. The third-order valence-corrected chi connectivity index (χ3v) is 2.29. The van der Waals surface area contributed by atoms with Gasteiger partial charge in [0.1, 0.15) is 6.04 Å². The summed E-state index contributed by atoms with van der Waals surface area (Å²) in [4.78, 5) is 27.2. The van der Waals surface area contributed by atoms with E-state index in [1.165, 1.54) is 19.5 Å². The first-order valence-electron chi connectivity index (χ1n) is 5.47. The van der Waals surface area contributed by atoms with E-state index in [1.807, 2.05) is 0 Å². The third kappa shape index (κ3) is 4.01. The first kappa shape index (κ1) is 13.9. The van der Waals surface area contributed by atoms with Crippen LogP contribution in [0.4, 0.5) is 0 Å². The van der Waals surface area contributed by atoms with E-state index in [2.05, 4.69) is 21.6 Å². The second-order valence-electron chi connectivity index (χ2n) is 3.95. The Bertz CT molecular complexity index is 443. The normalized spacial score (nSPS) is 11.4. The number of amides is 1. The number of aromatic nitrogens is 1. The number of nitrogens with zero attached hydrogens (tertiary/aromatic N) is 1. The molecule has 5 nitrogen and oxygen atoms in total. The number of hydrogen-bond donors (Lipinski definition) is 1. The van der Waals surface area contributed by atoms with Gasteiger partial charge in [0.05, 0.1) is 7.11 Å². The molecule has 1 heterocycles. The summed E-state index contributed by atoms with van der Waals surface area (Å²) in [6.07, 6.45) is 3.38. The van der Waals surface area contributed by atoms with Crippen molar-refractivity contribution in [3.8, 4) is 0 Å². The molecular formula is C13H16N2O3. The van der Waals surface area contributed by atoms with Gasteiger partial charge in [0, 0.05) is 18.0 Å². The maximum Gasteiger partial charge on any atom is 0.328 e. The Kier molecular flexibility index (Phi) is 5.05. The second kappa shape index (κ2) is 6.54. The second-order valence-corrected chi connectivity index (χ2v) is 3.95. The standard InChI is InChI=1S/C13H16N2O3/c1-9(2)8-11(13(17)18-3)15-12(16)10-4-6-14-7-5-10/h4-7,11H,1,8H2,2-3H3,(H,15,16)/t11-/m1/s1. The summed E-state index contributed by atoms with van der Waals surface area (Å²) in [5.74, 6) is -0.825. The average Bonchev–Trinajstić information content (AvgIpc) is 2.37. The number of rotatable bonds is 5. The van der Waals surface area contributed by atoms with Crippen molar-refractivity contribution in [2.45, 2.75) is 19.4 Å². The Morgan fingerprint density at radius 2 is 2.06 bits per heavy atom. The van der Waals surface area contributed by atoms with Crippen molar-refractivity contribution in [2.24, 2.45) is 0 Å². The van der Waals surface area contributed by atoms with E-state index in [4.69, 9.17) is 0 Å². The van der Waals surface area contributed by atoms with Crippen LogP contribution in [-0.2, 0) is 9.53 Å². The van der Waals surface area contributed by atoms with Crippen LogP contribution in [-0.4, -0.2) is 30.0 Å². The van der Waals surface area contributed by atoms with Crippen molar-refractivity contribution in [3.05, 3.63) is 42.2 Å². The summed E-state index contributed by atoms with van der Waals surface area (Å²) in [5.41, 5.74) is 1.24. The quantitative estimate of drug-likeness (QED) is 0.630. The molecule has 1 aromatic heterocycles. The van der Waals surface area contributed by atoms with Crippen molar-refractivity contribution in [1.82, 2.24) is 10.3 Å². The van der Waals surface area contributed by atoms with Crippen LogP contribution < -0.4 is 5.32 Å². The molecule has 0 unspecified atom stereocenters. The highest BCUT2D eigenvalue weighted by molar-refractivity contribution is 5.96. The molecule has 5 heteroatoms. The molecule has 0 aliphatic carbocycles. The van der Waals surface area contributed by atoms with Crippen LogP contribution >= 0.6 is 0 Å². The Morgan fingerprint density at radius 1 is 1.44 bits per heavy atom. The largest absolute Gasteiger partial charge is 0.467 e. The van der Waals surface area contributed by atoms with E-state index in [9.17, 15) is 9.59 Å². The number of nitrogens with one attached hydrogen (secondary N) is 1. The van der Waals surface area contributed by atoms with Gasteiger partial charge in [-0.15, -0.1) is 6.58 Å². The maximum absolute atomic E-state index is 11.9. The fourth-order valence-electron chi connectivity index (χ4n) is 1.43. The minimum atomic E-state index is -0.715. The highest BCUT2D eigenvalue weighted by Crippen LogP contribution is 2.05. The van der Waals surface area contributed by atoms with Gasteiger partial charge in [0.25, 0.3) is 5.91 Å². The third-order valence-electron chi connectivity index (χ3n) is 2.29. The molecule has 0 fully saturated rings. The van der Waals surface area contributed by atoms with Gasteiger partial charge in [0.15, 0.2) is 0 Å². The summed E-state index contributed by atoms with van der Waals surface area (Å²) in [6.45, 7) is 5.51.